The molecule has 0 spiro atoms. The standard InChI is InChI=1S/C21H28O4/c1-7-12(2)19(22)25-18-17-13(3)14(4)24-16(17)11-15-9-8-10-20(5,23)21(15,18)6/h7,9,18,23H,8,10-11H2,1-6H3/t18-,20-,21-/m1/s1. The van der Waals surface area contributed by atoms with Crippen molar-refractivity contribution in [1.82, 2.24) is 0 Å². The highest BCUT2D eigenvalue weighted by atomic mass is 16.5. The van der Waals surface area contributed by atoms with E-state index >= 15 is 0 Å². The van der Waals surface area contributed by atoms with Crippen LogP contribution in [0, 0.1) is 19.3 Å². The summed E-state index contributed by atoms with van der Waals surface area (Å²) in [6, 6.07) is 0. The van der Waals surface area contributed by atoms with Gasteiger partial charge in [-0.3, -0.25) is 0 Å². The molecular formula is C21H28O4. The quantitative estimate of drug-likeness (QED) is 0.488. The predicted octanol–water partition coefficient (Wildman–Crippen LogP) is 4.48. The third-order valence-electron chi connectivity index (χ3n) is 6.43. The Morgan fingerprint density at radius 2 is 2.08 bits per heavy atom. The van der Waals surface area contributed by atoms with Crippen LogP contribution < -0.4 is 0 Å². The van der Waals surface area contributed by atoms with Gasteiger partial charge in [0.05, 0.1) is 11.0 Å². The molecule has 2 aliphatic carbocycles. The minimum Gasteiger partial charge on any atom is -0.465 e. The highest BCUT2D eigenvalue weighted by Crippen LogP contribution is 2.59. The number of ether oxygens (including phenoxy) is 1. The van der Waals surface area contributed by atoms with Gasteiger partial charge in [0.1, 0.15) is 17.6 Å². The molecule has 4 nitrogen and oxygen atoms in total. The van der Waals surface area contributed by atoms with Gasteiger partial charge >= 0.3 is 5.97 Å². The number of rotatable bonds is 2. The molecule has 1 aromatic rings. The van der Waals surface area contributed by atoms with Crippen molar-refractivity contribution >= 4 is 5.97 Å². The van der Waals surface area contributed by atoms with Crippen LogP contribution in [0.5, 0.6) is 0 Å². The molecule has 0 aromatic carbocycles. The molecule has 0 saturated heterocycles. The Hall–Kier alpha value is -1.81. The molecule has 3 atom stereocenters. The van der Waals surface area contributed by atoms with Crippen molar-refractivity contribution in [3.05, 3.63) is 45.9 Å². The van der Waals surface area contributed by atoms with Gasteiger partial charge in [0.2, 0.25) is 0 Å². The first kappa shape index (κ1) is 18.0. The smallest absolute Gasteiger partial charge is 0.334 e. The lowest BCUT2D eigenvalue weighted by Crippen LogP contribution is -2.53. The third kappa shape index (κ3) is 2.50. The SMILES string of the molecule is CC=C(C)C(=O)O[C@@H]1c2c(oc(C)c2C)CC2=CCC[C@@](C)(O)[C@]21C. The van der Waals surface area contributed by atoms with E-state index in [1.54, 1.807) is 13.0 Å². The molecule has 25 heavy (non-hydrogen) atoms. The lowest BCUT2D eigenvalue weighted by molar-refractivity contribution is -0.168. The number of aryl methyl sites for hydroxylation is 1. The Labute approximate surface area is 149 Å². The Bertz CT molecular complexity index is 778. The number of carbonyl (C=O) groups excluding carboxylic acids is 1. The average Bonchev–Trinajstić information content (AvgIpc) is 2.83. The van der Waals surface area contributed by atoms with Crippen LogP contribution in [0.2, 0.25) is 0 Å². The van der Waals surface area contributed by atoms with Crippen LogP contribution in [0.3, 0.4) is 0 Å². The monoisotopic (exact) mass is 344 g/mol. The van der Waals surface area contributed by atoms with E-state index in [0.717, 1.165) is 34.6 Å². The molecule has 3 rings (SSSR count). The molecule has 0 radical (unpaired) electrons. The third-order valence-corrected chi connectivity index (χ3v) is 6.43. The van der Waals surface area contributed by atoms with E-state index < -0.39 is 17.1 Å². The van der Waals surface area contributed by atoms with Crippen molar-refractivity contribution in [2.75, 3.05) is 0 Å². The summed E-state index contributed by atoms with van der Waals surface area (Å²) in [5, 5.41) is 11.3. The fraction of sp³-hybridized carbons (Fsp3) is 0.571. The van der Waals surface area contributed by atoms with E-state index in [-0.39, 0.29) is 5.97 Å². The summed E-state index contributed by atoms with van der Waals surface area (Å²) in [7, 11) is 0. The minimum atomic E-state index is -0.957. The summed E-state index contributed by atoms with van der Waals surface area (Å²) in [5.74, 6) is 1.35. The topological polar surface area (TPSA) is 59.7 Å². The van der Waals surface area contributed by atoms with E-state index in [2.05, 4.69) is 6.08 Å². The zero-order chi connectivity index (χ0) is 18.6. The summed E-state index contributed by atoms with van der Waals surface area (Å²) in [6.45, 7) is 11.4. The van der Waals surface area contributed by atoms with Crippen LogP contribution in [0.4, 0.5) is 0 Å². The Morgan fingerprint density at radius 1 is 1.40 bits per heavy atom. The summed E-state index contributed by atoms with van der Waals surface area (Å²) >= 11 is 0. The molecule has 0 unspecified atom stereocenters. The van der Waals surface area contributed by atoms with Crippen LogP contribution in [0.15, 0.2) is 27.7 Å². The number of furan rings is 1. The fourth-order valence-electron chi connectivity index (χ4n) is 4.20. The van der Waals surface area contributed by atoms with Gasteiger partial charge in [0.15, 0.2) is 0 Å². The maximum Gasteiger partial charge on any atom is 0.334 e. The number of hydrogen-bond acceptors (Lipinski definition) is 4. The molecule has 1 aromatic heterocycles. The molecule has 4 heteroatoms. The van der Waals surface area contributed by atoms with Crippen LogP contribution >= 0.6 is 0 Å². The van der Waals surface area contributed by atoms with Crippen molar-refractivity contribution in [2.45, 2.75) is 72.5 Å². The average molecular weight is 344 g/mol. The lowest BCUT2D eigenvalue weighted by atomic mass is 9.56. The zero-order valence-corrected chi connectivity index (χ0v) is 16.0. The van der Waals surface area contributed by atoms with Gasteiger partial charge in [-0.2, -0.15) is 0 Å². The number of esters is 1. The first-order valence-corrected chi connectivity index (χ1v) is 8.98. The zero-order valence-electron chi connectivity index (χ0n) is 16.0. The lowest BCUT2D eigenvalue weighted by Gasteiger charge is -2.53. The van der Waals surface area contributed by atoms with Crippen molar-refractivity contribution in [2.24, 2.45) is 5.41 Å². The molecule has 2 aliphatic rings. The second-order valence-electron chi connectivity index (χ2n) is 7.80. The maximum absolute atomic E-state index is 12.6. The van der Waals surface area contributed by atoms with Crippen molar-refractivity contribution < 1.29 is 19.1 Å². The highest BCUT2D eigenvalue weighted by molar-refractivity contribution is 5.88. The van der Waals surface area contributed by atoms with Crippen molar-refractivity contribution in [3.8, 4) is 0 Å². The van der Waals surface area contributed by atoms with Gasteiger partial charge < -0.3 is 14.3 Å². The normalized spacial score (nSPS) is 31.9. The van der Waals surface area contributed by atoms with Crippen LogP contribution in [0.1, 0.15) is 69.3 Å². The number of fused-ring (bicyclic) bond motifs is 2. The van der Waals surface area contributed by atoms with Gasteiger partial charge in [-0.05, 0) is 59.9 Å². The van der Waals surface area contributed by atoms with Crippen molar-refractivity contribution in [1.29, 1.82) is 0 Å². The second-order valence-corrected chi connectivity index (χ2v) is 7.80. The molecule has 0 bridgehead atoms. The number of hydrogen-bond donors (Lipinski definition) is 1. The van der Waals surface area contributed by atoms with E-state index in [0.29, 0.717) is 18.4 Å². The minimum absolute atomic E-state index is 0.347. The van der Waals surface area contributed by atoms with E-state index in [9.17, 15) is 9.90 Å². The Balaban J connectivity index is 2.20. The molecule has 0 amide bonds. The fourth-order valence-corrected chi connectivity index (χ4v) is 4.20. The summed E-state index contributed by atoms with van der Waals surface area (Å²) < 4.78 is 12.0. The molecule has 0 fully saturated rings. The van der Waals surface area contributed by atoms with Gasteiger partial charge in [-0.1, -0.05) is 17.7 Å². The van der Waals surface area contributed by atoms with Crippen molar-refractivity contribution in [3.63, 3.8) is 0 Å². The highest BCUT2D eigenvalue weighted by Gasteiger charge is 2.58. The predicted molar refractivity (Wildman–Crippen MR) is 96.2 cm³/mol. The molecular weight excluding hydrogens is 316 g/mol. The number of aliphatic hydroxyl groups is 1. The van der Waals surface area contributed by atoms with E-state index in [4.69, 9.17) is 9.15 Å². The number of carbonyl (C=O) groups is 1. The summed E-state index contributed by atoms with van der Waals surface area (Å²) in [6.07, 6.45) is 5.50. The van der Waals surface area contributed by atoms with Crippen LogP contribution in [-0.2, 0) is 16.0 Å². The van der Waals surface area contributed by atoms with Gasteiger partial charge in [-0.15, -0.1) is 0 Å². The number of allylic oxidation sites excluding steroid dienone is 2. The van der Waals surface area contributed by atoms with Gasteiger partial charge in [-0.25, -0.2) is 4.79 Å². The van der Waals surface area contributed by atoms with Crippen LogP contribution in [-0.4, -0.2) is 16.7 Å². The second kappa shape index (κ2) is 5.87. The van der Waals surface area contributed by atoms with E-state index in [1.807, 2.05) is 34.6 Å². The summed E-state index contributed by atoms with van der Waals surface area (Å²) in [5.41, 5.74) is 1.98. The van der Waals surface area contributed by atoms with Gasteiger partial charge in [0, 0.05) is 17.6 Å². The largest absolute Gasteiger partial charge is 0.465 e. The molecule has 0 saturated carbocycles. The van der Waals surface area contributed by atoms with Crippen LogP contribution in [0.25, 0.3) is 0 Å². The molecule has 1 heterocycles. The molecule has 136 valence electrons. The maximum atomic E-state index is 12.6. The molecule has 1 N–H and O–H groups in total. The Kier molecular flexibility index (Phi) is 4.23. The van der Waals surface area contributed by atoms with Gasteiger partial charge in [0.25, 0.3) is 0 Å². The Morgan fingerprint density at radius 3 is 2.72 bits per heavy atom. The van der Waals surface area contributed by atoms with E-state index in [1.165, 1.54) is 0 Å². The summed E-state index contributed by atoms with van der Waals surface area (Å²) in [4.78, 5) is 12.6. The molecule has 0 aliphatic heterocycles. The first-order valence-electron chi connectivity index (χ1n) is 8.98. The first-order chi connectivity index (χ1) is 11.6.